The van der Waals surface area contributed by atoms with E-state index in [9.17, 15) is 4.79 Å². The minimum absolute atomic E-state index is 0.0151. The van der Waals surface area contributed by atoms with Crippen LogP contribution in [0.4, 0.5) is 0 Å². The summed E-state index contributed by atoms with van der Waals surface area (Å²) in [5.74, 6) is 0.521. The summed E-state index contributed by atoms with van der Waals surface area (Å²) in [6, 6.07) is 13.4. The molecule has 118 valence electrons. The first-order chi connectivity index (χ1) is 11.3. The number of amides is 1. The van der Waals surface area contributed by atoms with Crippen LogP contribution in [0.2, 0.25) is 0 Å². The first-order valence-corrected chi connectivity index (χ1v) is 7.78. The zero-order chi connectivity index (χ0) is 15.9. The Labute approximate surface area is 135 Å². The Kier molecular flexibility index (Phi) is 4.99. The molecule has 0 N–H and O–H groups in total. The van der Waals surface area contributed by atoms with Gasteiger partial charge in [0.25, 0.3) is 0 Å². The minimum atomic E-state index is -0.0328. The zero-order valence-electron chi connectivity index (χ0n) is 12.8. The Morgan fingerprint density at radius 3 is 2.87 bits per heavy atom. The number of nitrogens with zero attached hydrogens (tertiary/aromatic N) is 3. The van der Waals surface area contributed by atoms with E-state index < -0.39 is 0 Å². The van der Waals surface area contributed by atoms with Crippen molar-refractivity contribution in [3.05, 3.63) is 60.3 Å². The highest BCUT2D eigenvalue weighted by atomic mass is 16.5. The van der Waals surface area contributed by atoms with Crippen LogP contribution >= 0.6 is 0 Å². The number of hydrogen-bond acceptors (Lipinski definition) is 4. The molecule has 0 aliphatic carbocycles. The Morgan fingerprint density at radius 1 is 1.22 bits per heavy atom. The van der Waals surface area contributed by atoms with Gasteiger partial charge in [-0.1, -0.05) is 30.3 Å². The van der Waals surface area contributed by atoms with Crippen molar-refractivity contribution in [3.8, 4) is 5.88 Å². The molecule has 5 heteroatoms. The molecule has 1 aliphatic rings. The van der Waals surface area contributed by atoms with E-state index in [0.29, 0.717) is 12.4 Å². The Bertz CT molecular complexity index is 658. The molecule has 3 rings (SSSR count). The number of hydrogen-bond donors (Lipinski definition) is 0. The van der Waals surface area contributed by atoms with Gasteiger partial charge in [0, 0.05) is 24.9 Å². The van der Waals surface area contributed by atoms with Gasteiger partial charge < -0.3 is 9.64 Å². The van der Waals surface area contributed by atoms with Gasteiger partial charge in [-0.25, -0.2) is 0 Å². The van der Waals surface area contributed by atoms with E-state index in [4.69, 9.17) is 4.74 Å². The topological polar surface area (TPSA) is 55.3 Å². The Balaban J connectivity index is 1.57. The Hall–Kier alpha value is -2.69. The average Bonchev–Trinajstić information content (AvgIpc) is 2.62. The van der Waals surface area contributed by atoms with Crippen molar-refractivity contribution < 1.29 is 9.53 Å². The molecular weight excluding hydrogens is 290 g/mol. The van der Waals surface area contributed by atoms with Crippen LogP contribution in [-0.2, 0) is 4.79 Å². The summed E-state index contributed by atoms with van der Waals surface area (Å²) in [7, 11) is 0. The fourth-order valence-electron chi connectivity index (χ4n) is 2.59. The second kappa shape index (κ2) is 7.54. The third-order valence-electron chi connectivity index (χ3n) is 3.74. The summed E-state index contributed by atoms with van der Waals surface area (Å²) in [4.78, 5) is 14.1. The van der Waals surface area contributed by atoms with Crippen LogP contribution in [0.1, 0.15) is 18.4 Å². The van der Waals surface area contributed by atoms with Crippen molar-refractivity contribution in [2.45, 2.75) is 18.9 Å². The summed E-state index contributed by atoms with van der Waals surface area (Å²) in [5.41, 5.74) is 1.02. The number of likely N-dealkylation sites (tertiary alicyclic amines) is 1. The van der Waals surface area contributed by atoms with E-state index >= 15 is 0 Å². The van der Waals surface area contributed by atoms with E-state index in [1.807, 2.05) is 41.3 Å². The molecule has 1 aromatic carbocycles. The molecule has 2 heterocycles. The van der Waals surface area contributed by atoms with Gasteiger partial charge in [-0.3, -0.25) is 4.79 Å². The van der Waals surface area contributed by atoms with Crippen LogP contribution in [-0.4, -0.2) is 40.2 Å². The average molecular weight is 309 g/mol. The van der Waals surface area contributed by atoms with Gasteiger partial charge in [-0.05, 0) is 30.5 Å². The lowest BCUT2D eigenvalue weighted by Crippen LogP contribution is -2.43. The van der Waals surface area contributed by atoms with Gasteiger partial charge in [0.1, 0.15) is 6.10 Å². The number of ether oxygens (including phenoxy) is 1. The van der Waals surface area contributed by atoms with E-state index in [0.717, 1.165) is 24.9 Å². The molecule has 23 heavy (non-hydrogen) atoms. The lowest BCUT2D eigenvalue weighted by molar-refractivity contribution is -0.128. The molecule has 0 saturated carbocycles. The van der Waals surface area contributed by atoms with Crippen molar-refractivity contribution in [1.82, 2.24) is 15.1 Å². The zero-order valence-corrected chi connectivity index (χ0v) is 12.8. The maximum atomic E-state index is 12.3. The second-order valence-electron chi connectivity index (χ2n) is 5.47. The van der Waals surface area contributed by atoms with Crippen LogP contribution < -0.4 is 4.74 Å². The number of aromatic nitrogens is 2. The summed E-state index contributed by atoms with van der Waals surface area (Å²) < 4.78 is 5.81. The van der Waals surface area contributed by atoms with Crippen molar-refractivity contribution in [1.29, 1.82) is 0 Å². The largest absolute Gasteiger partial charge is 0.471 e. The maximum Gasteiger partial charge on any atom is 0.246 e. The predicted molar refractivity (Wildman–Crippen MR) is 87.7 cm³/mol. The molecule has 1 unspecified atom stereocenters. The van der Waals surface area contributed by atoms with Crippen LogP contribution in [0.15, 0.2) is 54.7 Å². The molecule has 1 saturated heterocycles. The van der Waals surface area contributed by atoms with Crippen LogP contribution in [0, 0.1) is 0 Å². The highest BCUT2D eigenvalue weighted by Crippen LogP contribution is 2.16. The van der Waals surface area contributed by atoms with E-state index in [-0.39, 0.29) is 12.0 Å². The molecule has 0 bridgehead atoms. The third kappa shape index (κ3) is 4.39. The normalized spacial score (nSPS) is 18.1. The number of piperidine rings is 1. The lowest BCUT2D eigenvalue weighted by Gasteiger charge is -2.31. The monoisotopic (exact) mass is 309 g/mol. The molecule has 1 atom stereocenters. The van der Waals surface area contributed by atoms with Gasteiger partial charge in [0.05, 0.1) is 6.54 Å². The number of rotatable bonds is 4. The summed E-state index contributed by atoms with van der Waals surface area (Å²) in [5, 5.41) is 7.73. The Morgan fingerprint density at radius 2 is 2.09 bits per heavy atom. The molecule has 1 aromatic heterocycles. The van der Waals surface area contributed by atoms with Crippen molar-refractivity contribution in [2.75, 3.05) is 13.1 Å². The lowest BCUT2D eigenvalue weighted by atomic mass is 10.1. The fraction of sp³-hybridized carbons (Fsp3) is 0.278. The first-order valence-electron chi connectivity index (χ1n) is 7.78. The van der Waals surface area contributed by atoms with Crippen molar-refractivity contribution in [3.63, 3.8) is 0 Å². The molecule has 5 nitrogen and oxygen atoms in total. The standard InChI is InChI=1S/C18H19N3O2/c22-18(11-10-15-6-2-1-3-7-15)21-13-5-8-16(14-21)23-17-9-4-12-19-20-17/h1-4,6-7,9-12,16H,5,8,13-14H2/b11-10+. The molecule has 2 aromatic rings. The quantitative estimate of drug-likeness (QED) is 0.815. The number of benzene rings is 1. The van der Waals surface area contributed by atoms with Crippen LogP contribution in [0.25, 0.3) is 6.08 Å². The summed E-state index contributed by atoms with van der Waals surface area (Å²) in [6.45, 7) is 1.34. The van der Waals surface area contributed by atoms with Gasteiger partial charge in [-0.15, -0.1) is 5.10 Å². The molecule has 0 radical (unpaired) electrons. The second-order valence-corrected chi connectivity index (χ2v) is 5.47. The third-order valence-corrected chi connectivity index (χ3v) is 3.74. The van der Waals surface area contributed by atoms with E-state index in [1.165, 1.54) is 0 Å². The first kappa shape index (κ1) is 15.2. The number of carbonyl (C=O) groups is 1. The van der Waals surface area contributed by atoms with Crippen molar-refractivity contribution >= 4 is 12.0 Å². The fourth-order valence-corrected chi connectivity index (χ4v) is 2.59. The van der Waals surface area contributed by atoms with Crippen LogP contribution in [0.5, 0.6) is 5.88 Å². The summed E-state index contributed by atoms with van der Waals surface area (Å²) in [6.07, 6.45) is 6.89. The molecular formula is C18H19N3O2. The van der Waals surface area contributed by atoms with Crippen molar-refractivity contribution in [2.24, 2.45) is 0 Å². The van der Waals surface area contributed by atoms with Crippen LogP contribution in [0.3, 0.4) is 0 Å². The van der Waals surface area contributed by atoms with E-state index in [2.05, 4.69) is 10.2 Å². The summed E-state index contributed by atoms with van der Waals surface area (Å²) >= 11 is 0. The van der Waals surface area contributed by atoms with Gasteiger partial charge in [-0.2, -0.15) is 5.10 Å². The molecule has 0 spiro atoms. The van der Waals surface area contributed by atoms with E-state index in [1.54, 1.807) is 24.4 Å². The smallest absolute Gasteiger partial charge is 0.246 e. The van der Waals surface area contributed by atoms with Gasteiger partial charge in [0.2, 0.25) is 11.8 Å². The molecule has 1 aliphatic heterocycles. The highest BCUT2D eigenvalue weighted by Gasteiger charge is 2.24. The predicted octanol–water partition coefficient (Wildman–Crippen LogP) is 2.56. The van der Waals surface area contributed by atoms with Gasteiger partial charge >= 0.3 is 0 Å². The van der Waals surface area contributed by atoms with Gasteiger partial charge in [0.15, 0.2) is 0 Å². The molecule has 1 fully saturated rings. The number of carbonyl (C=O) groups excluding carboxylic acids is 1. The maximum absolute atomic E-state index is 12.3. The SMILES string of the molecule is O=C(/C=C/c1ccccc1)N1CCCC(Oc2cccnn2)C1. The minimum Gasteiger partial charge on any atom is -0.471 e. The highest BCUT2D eigenvalue weighted by molar-refractivity contribution is 5.91. The molecule has 1 amide bonds.